The summed E-state index contributed by atoms with van der Waals surface area (Å²) in [7, 11) is 0. The highest BCUT2D eigenvalue weighted by Crippen LogP contribution is 2.38. The highest BCUT2D eigenvalue weighted by Gasteiger charge is 2.37. The Morgan fingerprint density at radius 1 is 1.18 bits per heavy atom. The van der Waals surface area contributed by atoms with Crippen LogP contribution in [0, 0.1) is 12.7 Å². The van der Waals surface area contributed by atoms with E-state index in [2.05, 4.69) is 15.5 Å². The van der Waals surface area contributed by atoms with Gasteiger partial charge in [-0.3, -0.25) is 4.90 Å². The zero-order chi connectivity index (χ0) is 22.9. The first kappa shape index (κ1) is 21.3. The molecule has 0 saturated carbocycles. The molecule has 2 unspecified atom stereocenters. The second-order valence-corrected chi connectivity index (χ2v) is 8.47. The van der Waals surface area contributed by atoms with Crippen LogP contribution in [0.3, 0.4) is 0 Å². The first-order valence-corrected chi connectivity index (χ1v) is 11.1. The number of hydrogen-bond donors (Lipinski definition) is 1. The minimum absolute atomic E-state index is 0.0246. The summed E-state index contributed by atoms with van der Waals surface area (Å²) in [6.45, 7) is 4.99. The predicted octanol–water partition coefficient (Wildman–Crippen LogP) is 4.86. The molecule has 0 spiro atoms. The normalized spacial score (nSPS) is 20.9. The molecular weight excluding hydrogens is 423 g/mol. The molecule has 8 heteroatoms. The van der Waals surface area contributed by atoms with E-state index in [9.17, 15) is 9.18 Å². The molecule has 1 saturated heterocycles. The largest absolute Gasteiger partial charge is 0.376 e. The van der Waals surface area contributed by atoms with Crippen LogP contribution in [-0.4, -0.2) is 40.3 Å². The average molecular weight is 448 g/mol. The molecule has 3 heterocycles. The van der Waals surface area contributed by atoms with Crippen LogP contribution in [0.1, 0.15) is 42.8 Å². The summed E-state index contributed by atoms with van der Waals surface area (Å²) in [5, 5.41) is 7.17. The van der Waals surface area contributed by atoms with Gasteiger partial charge in [0.05, 0.1) is 24.3 Å². The third-order valence-electron chi connectivity index (χ3n) is 6.15. The minimum Gasteiger partial charge on any atom is -0.376 e. The van der Waals surface area contributed by atoms with Gasteiger partial charge in [0.1, 0.15) is 5.82 Å². The van der Waals surface area contributed by atoms with Crippen molar-refractivity contribution >= 4 is 11.6 Å². The number of ether oxygens (including phenoxy) is 1. The number of carbonyl (C=O) groups is 1. The number of benzene rings is 2. The van der Waals surface area contributed by atoms with Crippen molar-refractivity contribution < 1.29 is 18.4 Å². The van der Waals surface area contributed by atoms with E-state index in [1.54, 1.807) is 17.0 Å². The van der Waals surface area contributed by atoms with Gasteiger partial charge in [-0.1, -0.05) is 47.1 Å². The van der Waals surface area contributed by atoms with Gasteiger partial charge in [0, 0.05) is 17.9 Å². The van der Waals surface area contributed by atoms with E-state index in [1.807, 2.05) is 38.1 Å². The van der Waals surface area contributed by atoms with Crippen LogP contribution in [0.25, 0.3) is 17.0 Å². The van der Waals surface area contributed by atoms with E-state index in [0.29, 0.717) is 35.8 Å². The summed E-state index contributed by atoms with van der Waals surface area (Å²) in [6.07, 6.45) is 1.85. The van der Waals surface area contributed by atoms with Crippen molar-refractivity contribution in [2.24, 2.45) is 0 Å². The summed E-state index contributed by atoms with van der Waals surface area (Å²) in [6, 6.07) is 13.1. The lowest BCUT2D eigenvalue weighted by atomic mass is 9.94. The van der Waals surface area contributed by atoms with E-state index in [-0.39, 0.29) is 23.8 Å². The predicted molar refractivity (Wildman–Crippen MR) is 120 cm³/mol. The fourth-order valence-corrected chi connectivity index (χ4v) is 4.36. The third-order valence-corrected chi connectivity index (χ3v) is 6.15. The zero-order valence-electron chi connectivity index (χ0n) is 18.5. The molecule has 0 aliphatic carbocycles. The van der Waals surface area contributed by atoms with Crippen LogP contribution in [0.5, 0.6) is 0 Å². The number of aromatic nitrogens is 2. The van der Waals surface area contributed by atoms with Gasteiger partial charge < -0.3 is 14.6 Å². The molecule has 0 radical (unpaired) electrons. The van der Waals surface area contributed by atoms with Crippen LogP contribution in [0.4, 0.5) is 9.18 Å². The first-order valence-electron chi connectivity index (χ1n) is 11.1. The van der Waals surface area contributed by atoms with Crippen LogP contribution in [0.2, 0.25) is 0 Å². The molecule has 3 aromatic rings. The molecule has 2 aromatic carbocycles. The van der Waals surface area contributed by atoms with Gasteiger partial charge >= 0.3 is 6.03 Å². The number of carbonyl (C=O) groups excluding carboxylic acids is 1. The molecule has 1 N–H and O–H groups in total. The van der Waals surface area contributed by atoms with Gasteiger partial charge in [-0.25, -0.2) is 9.18 Å². The second-order valence-electron chi connectivity index (χ2n) is 8.47. The molecule has 2 atom stereocenters. The van der Waals surface area contributed by atoms with Gasteiger partial charge in [0.2, 0.25) is 5.82 Å². The monoisotopic (exact) mass is 448 g/mol. The Morgan fingerprint density at radius 3 is 2.73 bits per heavy atom. The fraction of sp³-hybridized carbons (Fsp3) is 0.320. The lowest BCUT2D eigenvalue weighted by Crippen LogP contribution is -2.48. The average Bonchev–Trinajstić information content (AvgIpc) is 3.49. The number of halogens is 1. The number of hydrogen-bond acceptors (Lipinski definition) is 5. The quantitative estimate of drug-likeness (QED) is 0.603. The second kappa shape index (κ2) is 8.78. The molecular formula is C25H25FN4O3. The number of aryl methyl sites for hydroxylation is 1. The molecule has 2 aliphatic rings. The Morgan fingerprint density at radius 2 is 2.00 bits per heavy atom. The number of allylic oxidation sites excluding steroid dienone is 1. The number of nitrogens with one attached hydrogen (secondary N) is 1. The maximum Gasteiger partial charge on any atom is 0.322 e. The van der Waals surface area contributed by atoms with E-state index in [0.717, 1.165) is 24.0 Å². The molecule has 2 amide bonds. The molecule has 170 valence electrons. The van der Waals surface area contributed by atoms with Gasteiger partial charge in [0.25, 0.3) is 5.89 Å². The lowest BCUT2D eigenvalue weighted by molar-refractivity contribution is 0.0877. The van der Waals surface area contributed by atoms with Crippen molar-refractivity contribution in [3.8, 4) is 11.4 Å². The number of urea groups is 1. The molecule has 1 aromatic heterocycles. The maximum atomic E-state index is 14.0. The van der Waals surface area contributed by atoms with E-state index < -0.39 is 6.04 Å². The van der Waals surface area contributed by atoms with Crippen LogP contribution >= 0.6 is 0 Å². The molecule has 5 rings (SSSR count). The lowest BCUT2D eigenvalue weighted by Gasteiger charge is -2.36. The summed E-state index contributed by atoms with van der Waals surface area (Å²) in [4.78, 5) is 19.3. The third kappa shape index (κ3) is 4.26. The van der Waals surface area contributed by atoms with E-state index in [1.165, 1.54) is 12.1 Å². The van der Waals surface area contributed by atoms with E-state index in [4.69, 9.17) is 9.26 Å². The van der Waals surface area contributed by atoms with Gasteiger partial charge in [-0.2, -0.15) is 4.98 Å². The summed E-state index contributed by atoms with van der Waals surface area (Å²) in [5.74, 6) is 0.354. The highest BCUT2D eigenvalue weighted by molar-refractivity contribution is 5.87. The number of nitrogens with zero attached hydrogens (tertiary/aromatic N) is 3. The van der Waals surface area contributed by atoms with Crippen molar-refractivity contribution in [2.45, 2.75) is 38.8 Å². The fourth-order valence-electron chi connectivity index (χ4n) is 4.36. The van der Waals surface area contributed by atoms with Crippen molar-refractivity contribution in [3.63, 3.8) is 0 Å². The van der Waals surface area contributed by atoms with Gasteiger partial charge in [0.15, 0.2) is 0 Å². The zero-order valence-corrected chi connectivity index (χ0v) is 18.5. The smallest absolute Gasteiger partial charge is 0.322 e. The Bertz CT molecular complexity index is 1200. The van der Waals surface area contributed by atoms with Crippen LogP contribution < -0.4 is 5.32 Å². The molecule has 2 aliphatic heterocycles. The Balaban J connectivity index is 1.57. The SMILES string of the molecule is CC1=C(c2nc(-c3ccc(C)cc3)no2)C(c2cccc(F)c2)NC(=O)N1CC1CCCO1. The highest BCUT2D eigenvalue weighted by atomic mass is 19.1. The van der Waals surface area contributed by atoms with Crippen molar-refractivity contribution in [2.75, 3.05) is 13.2 Å². The van der Waals surface area contributed by atoms with Gasteiger partial charge in [-0.15, -0.1) is 0 Å². The summed E-state index contributed by atoms with van der Waals surface area (Å²) >= 11 is 0. The first-order chi connectivity index (χ1) is 16.0. The Labute approximate surface area is 191 Å². The summed E-state index contributed by atoms with van der Waals surface area (Å²) < 4.78 is 25.5. The number of amides is 2. The Hall–Kier alpha value is -3.52. The van der Waals surface area contributed by atoms with Crippen molar-refractivity contribution in [1.82, 2.24) is 20.4 Å². The Kier molecular flexibility index (Phi) is 5.68. The van der Waals surface area contributed by atoms with Crippen molar-refractivity contribution in [3.05, 3.63) is 77.1 Å². The van der Waals surface area contributed by atoms with Crippen LogP contribution in [-0.2, 0) is 4.74 Å². The minimum atomic E-state index is -0.625. The van der Waals surface area contributed by atoms with Gasteiger partial charge in [-0.05, 0) is 44.4 Å². The van der Waals surface area contributed by atoms with Crippen molar-refractivity contribution in [1.29, 1.82) is 0 Å². The molecule has 0 bridgehead atoms. The van der Waals surface area contributed by atoms with E-state index >= 15 is 0 Å². The molecule has 1 fully saturated rings. The number of rotatable bonds is 5. The molecule has 33 heavy (non-hydrogen) atoms. The van der Waals surface area contributed by atoms with Crippen LogP contribution in [0.15, 0.2) is 58.8 Å². The topological polar surface area (TPSA) is 80.5 Å². The summed E-state index contributed by atoms with van der Waals surface area (Å²) in [5.41, 5.74) is 3.88. The maximum absolute atomic E-state index is 14.0. The molecule has 7 nitrogen and oxygen atoms in total. The standard InChI is InChI=1S/C25H25FN4O3/c1-15-8-10-17(11-9-15)23-28-24(33-29-23)21-16(2)30(14-20-7-4-12-32-20)25(31)27-22(21)18-5-3-6-19(26)13-18/h3,5-6,8-11,13,20,22H,4,7,12,14H2,1-2H3,(H,27,31).